The first-order valence-corrected chi connectivity index (χ1v) is 26.3. The molecule has 0 spiro atoms. The summed E-state index contributed by atoms with van der Waals surface area (Å²) in [4.78, 5) is 91.3. The van der Waals surface area contributed by atoms with Crippen molar-refractivity contribution >= 4 is 35.7 Å². The molecule has 4 aromatic rings. The Balaban J connectivity index is 0.000000195. The first-order valence-electron chi connectivity index (χ1n) is 26.3. The summed E-state index contributed by atoms with van der Waals surface area (Å²) in [7, 11) is 0. The minimum absolute atomic E-state index is 0. The lowest BCUT2D eigenvalue weighted by Gasteiger charge is -2.48. The molecule has 6 aliphatic heterocycles. The molecule has 0 aromatic heterocycles. The molecule has 16 nitrogen and oxygen atoms in total. The monoisotopic (exact) mass is 1020 g/mol. The molecule has 75 heavy (non-hydrogen) atoms. The lowest BCUT2D eigenvalue weighted by atomic mass is 9.96. The third kappa shape index (κ3) is 14.6. The number of isocyanates is 1. The van der Waals surface area contributed by atoms with Crippen LogP contribution in [-0.4, -0.2) is 185 Å². The van der Waals surface area contributed by atoms with Gasteiger partial charge in [-0.25, -0.2) is 14.6 Å². The fraction of sp³-hybridized carbons (Fsp3) is 0.492. The molecule has 0 radical (unpaired) electrons. The highest BCUT2D eigenvalue weighted by Gasteiger charge is 2.39. The van der Waals surface area contributed by atoms with E-state index >= 15 is 0 Å². The number of amides is 6. The number of carbonyl (C=O) groups excluding carboxylic acids is 6. The van der Waals surface area contributed by atoms with Gasteiger partial charge in [0, 0.05) is 138 Å². The molecule has 0 unspecified atom stereocenters. The van der Waals surface area contributed by atoms with E-state index in [2.05, 4.69) is 37.6 Å². The largest absolute Gasteiger partial charge is 0.336 e. The lowest BCUT2D eigenvalue weighted by molar-refractivity contribution is 0.00806. The van der Waals surface area contributed by atoms with E-state index in [1.165, 1.54) is 17.2 Å². The summed E-state index contributed by atoms with van der Waals surface area (Å²) in [6.07, 6.45) is 3.23. The topological polar surface area (TPSA) is 162 Å². The Labute approximate surface area is 444 Å². The highest BCUT2D eigenvalue weighted by Crippen LogP contribution is 2.26. The maximum atomic E-state index is 13.1. The predicted octanol–water partition coefficient (Wildman–Crippen LogP) is 6.21. The van der Waals surface area contributed by atoms with Crippen molar-refractivity contribution in [2.75, 3.05) is 91.6 Å². The van der Waals surface area contributed by atoms with Crippen LogP contribution in [0.1, 0.15) is 113 Å². The van der Waals surface area contributed by atoms with Crippen molar-refractivity contribution in [3.63, 3.8) is 0 Å². The first-order chi connectivity index (χ1) is 35.4. The Morgan fingerprint density at radius 3 is 1.39 bits per heavy atom. The molecule has 10 rings (SSSR count). The van der Waals surface area contributed by atoms with Crippen molar-refractivity contribution < 1.29 is 28.8 Å². The minimum Gasteiger partial charge on any atom is -0.336 e. The molecule has 6 aliphatic rings. The van der Waals surface area contributed by atoms with Gasteiger partial charge in [0.25, 0.3) is 23.6 Å². The standard InChI is InChI=1S/C29H37N5O3.C24H28N4O2.C5H9NO.CH4/c1-29(2,3)30-28(37)33-12-11-22-17-23(9-10-24(22)18-33)27(36)34-19-25(20-34)31-13-15-32(16-14-31)26(35)21-7-5-4-6-8-21;29-23(18-4-2-1-3-5-18)27-12-10-26(11-13-27)22-16-28(17-22)24(30)20-6-7-21-15-25-9-8-19(21)14-20;1-5(2,3)6-4-7;/h4-10,17,25H,11-16,18-20H2,1-3H3,(H,30,37);1-7,14,22,25H,8-13,15-17H2;1-3H3;1H4. The second-order valence-electron chi connectivity index (χ2n) is 22.2. The van der Waals surface area contributed by atoms with Crippen LogP contribution in [-0.2, 0) is 30.7 Å². The molecule has 400 valence electrons. The number of nitrogens with one attached hydrogen (secondary N) is 2. The number of urea groups is 1. The maximum absolute atomic E-state index is 13.1. The first kappa shape index (κ1) is 56.0. The average molecular weight is 1020 g/mol. The van der Waals surface area contributed by atoms with E-state index in [-0.39, 0.29) is 48.2 Å². The van der Waals surface area contributed by atoms with Gasteiger partial charge >= 0.3 is 6.03 Å². The van der Waals surface area contributed by atoms with Crippen LogP contribution in [0.5, 0.6) is 0 Å². The van der Waals surface area contributed by atoms with Gasteiger partial charge < -0.3 is 35.1 Å². The summed E-state index contributed by atoms with van der Waals surface area (Å²) in [5.41, 5.74) is 7.39. The Morgan fingerprint density at radius 2 is 0.960 bits per heavy atom. The maximum Gasteiger partial charge on any atom is 0.318 e. The molecule has 0 atom stereocenters. The third-order valence-corrected chi connectivity index (χ3v) is 14.5. The van der Waals surface area contributed by atoms with Crippen LogP contribution in [0.4, 0.5) is 4.79 Å². The highest BCUT2D eigenvalue weighted by molar-refractivity contribution is 5.96. The molecule has 4 saturated heterocycles. The Hall–Kier alpha value is -6.71. The number of carbonyl (C=O) groups is 5. The van der Waals surface area contributed by atoms with E-state index < -0.39 is 0 Å². The summed E-state index contributed by atoms with van der Waals surface area (Å²) >= 11 is 0. The van der Waals surface area contributed by atoms with Gasteiger partial charge in [-0.3, -0.25) is 29.0 Å². The molecule has 6 heterocycles. The second-order valence-corrected chi connectivity index (χ2v) is 22.2. The van der Waals surface area contributed by atoms with Gasteiger partial charge in [0.1, 0.15) is 0 Å². The molecule has 0 saturated carbocycles. The summed E-state index contributed by atoms with van der Waals surface area (Å²) in [5, 5.41) is 6.40. The minimum atomic E-state index is -0.268. The second kappa shape index (κ2) is 24.8. The molecule has 0 bridgehead atoms. The lowest BCUT2D eigenvalue weighted by Crippen LogP contribution is -2.64. The number of benzene rings is 4. The van der Waals surface area contributed by atoms with E-state index in [0.29, 0.717) is 38.3 Å². The molecular weight excluding hydrogens is 945 g/mol. The van der Waals surface area contributed by atoms with Crippen LogP contribution in [0.3, 0.4) is 0 Å². The van der Waals surface area contributed by atoms with Crippen molar-refractivity contribution in [1.82, 2.24) is 44.9 Å². The Bertz CT molecular complexity index is 2670. The van der Waals surface area contributed by atoms with Crippen molar-refractivity contribution in [2.24, 2.45) is 4.99 Å². The van der Waals surface area contributed by atoms with Gasteiger partial charge in [0.05, 0.1) is 5.54 Å². The van der Waals surface area contributed by atoms with Crippen molar-refractivity contribution in [3.8, 4) is 0 Å². The van der Waals surface area contributed by atoms with Crippen LogP contribution < -0.4 is 10.6 Å². The molecule has 0 aliphatic carbocycles. The van der Waals surface area contributed by atoms with Crippen molar-refractivity contribution in [3.05, 3.63) is 142 Å². The van der Waals surface area contributed by atoms with Crippen LogP contribution in [0, 0.1) is 0 Å². The zero-order valence-electron chi connectivity index (χ0n) is 44.1. The van der Waals surface area contributed by atoms with E-state index in [1.54, 1.807) is 0 Å². The van der Waals surface area contributed by atoms with E-state index in [0.717, 1.165) is 125 Å². The van der Waals surface area contributed by atoms with Gasteiger partial charge in [-0.2, -0.15) is 0 Å². The third-order valence-electron chi connectivity index (χ3n) is 14.5. The zero-order chi connectivity index (χ0) is 52.6. The number of nitrogens with zero attached hydrogens (tertiary/aromatic N) is 8. The fourth-order valence-corrected chi connectivity index (χ4v) is 10.2. The van der Waals surface area contributed by atoms with E-state index in [4.69, 9.17) is 0 Å². The summed E-state index contributed by atoms with van der Waals surface area (Å²) in [6.45, 7) is 23.9. The average Bonchev–Trinajstić information content (AvgIpc) is 3.37. The van der Waals surface area contributed by atoms with E-state index in [1.807, 2.05) is 151 Å². The van der Waals surface area contributed by atoms with Gasteiger partial charge in [-0.05, 0) is 132 Å². The summed E-state index contributed by atoms with van der Waals surface area (Å²) in [6, 6.07) is 31.7. The predicted molar refractivity (Wildman–Crippen MR) is 293 cm³/mol. The van der Waals surface area contributed by atoms with Crippen LogP contribution >= 0.6 is 0 Å². The van der Waals surface area contributed by atoms with Crippen LogP contribution in [0.15, 0.2) is 102 Å². The normalized spacial score (nSPS) is 18.1. The Kier molecular flexibility index (Phi) is 18.5. The van der Waals surface area contributed by atoms with Gasteiger partial charge in [-0.15, -0.1) is 0 Å². The number of hydrogen-bond donors (Lipinski definition) is 2. The smallest absolute Gasteiger partial charge is 0.318 e. The number of hydrogen-bond acceptors (Lipinski definition) is 10. The summed E-state index contributed by atoms with van der Waals surface area (Å²) < 4.78 is 0. The highest BCUT2D eigenvalue weighted by atomic mass is 16.2. The van der Waals surface area contributed by atoms with Gasteiger partial charge in [0.15, 0.2) is 0 Å². The SMILES string of the molecule is C.CC(C)(C)N=C=O.CC(C)(C)NC(=O)N1CCc2cc(C(=O)N3CC(N4CCN(C(=O)c5ccccc5)CC4)C3)ccc2C1.O=C(c1ccccc1)N1CCN(C2CN(C(=O)c3ccc4c(c3)CCNC4)C2)CC1. The number of piperazine rings is 2. The Morgan fingerprint density at radius 1 is 0.520 bits per heavy atom. The van der Waals surface area contributed by atoms with Gasteiger partial charge in [-0.1, -0.05) is 56.0 Å². The number of likely N-dealkylation sites (tertiary alicyclic amines) is 2. The molecule has 2 N–H and O–H groups in total. The van der Waals surface area contributed by atoms with Crippen LogP contribution in [0.2, 0.25) is 0 Å². The molecular formula is C59H78N10O6. The quantitative estimate of drug-likeness (QED) is 0.169. The fourth-order valence-electron chi connectivity index (χ4n) is 10.2. The molecule has 6 amide bonds. The zero-order valence-corrected chi connectivity index (χ0v) is 44.1. The van der Waals surface area contributed by atoms with Crippen LogP contribution in [0.25, 0.3) is 0 Å². The molecule has 4 fully saturated rings. The van der Waals surface area contributed by atoms with Crippen molar-refractivity contribution in [2.45, 2.75) is 98.1 Å². The number of rotatable bonds is 6. The molecule has 16 heteroatoms. The van der Waals surface area contributed by atoms with Gasteiger partial charge in [0.2, 0.25) is 6.08 Å². The molecule has 4 aromatic carbocycles. The summed E-state index contributed by atoms with van der Waals surface area (Å²) in [5.74, 6) is 0.426. The van der Waals surface area contributed by atoms with E-state index in [9.17, 15) is 28.8 Å². The number of aliphatic imine (C=N–C) groups is 1. The van der Waals surface area contributed by atoms with Crippen molar-refractivity contribution in [1.29, 1.82) is 0 Å². The number of fused-ring (bicyclic) bond motifs is 2.